The number of esters is 1. The quantitative estimate of drug-likeness (QED) is 0.419. The molecule has 3 atom stereocenters. The van der Waals surface area contributed by atoms with E-state index < -0.39 is 6.10 Å². The molecule has 20 heavy (non-hydrogen) atoms. The summed E-state index contributed by atoms with van der Waals surface area (Å²) in [5, 5.41) is 18.0. The van der Waals surface area contributed by atoms with Crippen LogP contribution in [0.3, 0.4) is 0 Å². The van der Waals surface area contributed by atoms with E-state index >= 15 is 0 Å². The Morgan fingerprint density at radius 2 is 2.15 bits per heavy atom. The van der Waals surface area contributed by atoms with Crippen molar-refractivity contribution in [2.45, 2.75) is 50.9 Å². The number of carbonyl (C=O) groups is 1. The van der Waals surface area contributed by atoms with E-state index in [-0.39, 0.29) is 31.4 Å². The van der Waals surface area contributed by atoms with Gasteiger partial charge in [0.1, 0.15) is 12.2 Å². The number of ether oxygens (including phenoxy) is 2. The van der Waals surface area contributed by atoms with E-state index in [9.17, 15) is 9.90 Å². The Bertz CT molecular complexity index is 350. The maximum atomic E-state index is 11.8. The Morgan fingerprint density at radius 1 is 1.45 bits per heavy atom. The summed E-state index contributed by atoms with van der Waals surface area (Å²) >= 11 is 0. The van der Waals surface area contributed by atoms with Gasteiger partial charge in [-0.25, -0.2) is 4.79 Å². The topological polar surface area (TPSA) is 76.0 Å². The predicted octanol–water partition coefficient (Wildman–Crippen LogP) is 1.34. The summed E-state index contributed by atoms with van der Waals surface area (Å²) in [5.41, 5.74) is 0.527. The standard InChI is InChI=1S/C15H24O5/c1-3-5-11(2)15(18)20-14-7-4-6-13(8-14)19-10-12(17)9-16/h3,5,12-14,16-17H,1,4,6-10H2,2H3/b11-5+. The highest BCUT2D eigenvalue weighted by Gasteiger charge is 2.26. The molecule has 0 aromatic carbocycles. The Hall–Kier alpha value is -1.17. The summed E-state index contributed by atoms with van der Waals surface area (Å²) < 4.78 is 10.9. The second kappa shape index (κ2) is 8.89. The van der Waals surface area contributed by atoms with Crippen LogP contribution in [0.25, 0.3) is 0 Å². The van der Waals surface area contributed by atoms with Crippen LogP contribution in [0.1, 0.15) is 32.6 Å². The van der Waals surface area contributed by atoms with Gasteiger partial charge in [0.15, 0.2) is 0 Å². The van der Waals surface area contributed by atoms with Crippen molar-refractivity contribution in [2.24, 2.45) is 0 Å². The van der Waals surface area contributed by atoms with Gasteiger partial charge in [-0.1, -0.05) is 18.7 Å². The van der Waals surface area contributed by atoms with E-state index in [0.29, 0.717) is 12.0 Å². The predicted molar refractivity (Wildman–Crippen MR) is 75.1 cm³/mol. The van der Waals surface area contributed by atoms with Crippen molar-refractivity contribution in [3.63, 3.8) is 0 Å². The molecular formula is C15H24O5. The van der Waals surface area contributed by atoms with E-state index in [2.05, 4.69) is 6.58 Å². The maximum Gasteiger partial charge on any atom is 0.333 e. The monoisotopic (exact) mass is 284 g/mol. The molecule has 1 saturated carbocycles. The van der Waals surface area contributed by atoms with Crippen molar-refractivity contribution in [3.8, 4) is 0 Å². The minimum absolute atomic E-state index is 0.0357. The van der Waals surface area contributed by atoms with Crippen molar-refractivity contribution in [3.05, 3.63) is 24.3 Å². The van der Waals surface area contributed by atoms with Crippen molar-refractivity contribution in [1.82, 2.24) is 0 Å². The average molecular weight is 284 g/mol. The van der Waals surface area contributed by atoms with Crippen LogP contribution in [-0.2, 0) is 14.3 Å². The Kier molecular flexibility index (Phi) is 7.51. The summed E-state index contributed by atoms with van der Waals surface area (Å²) in [6, 6.07) is 0. The highest BCUT2D eigenvalue weighted by Crippen LogP contribution is 2.24. The fraction of sp³-hybridized carbons (Fsp3) is 0.667. The molecule has 0 aliphatic heterocycles. The zero-order valence-corrected chi connectivity index (χ0v) is 12.0. The minimum atomic E-state index is -0.851. The van der Waals surface area contributed by atoms with E-state index in [0.717, 1.165) is 19.3 Å². The molecule has 5 nitrogen and oxygen atoms in total. The Labute approximate surface area is 119 Å². The molecule has 0 spiro atoms. The van der Waals surface area contributed by atoms with Gasteiger partial charge < -0.3 is 19.7 Å². The maximum absolute atomic E-state index is 11.8. The molecule has 0 aromatic rings. The summed E-state index contributed by atoms with van der Waals surface area (Å²) in [6.45, 7) is 5.03. The van der Waals surface area contributed by atoms with Crippen molar-refractivity contribution >= 4 is 5.97 Å². The Morgan fingerprint density at radius 3 is 2.80 bits per heavy atom. The van der Waals surface area contributed by atoms with Gasteiger partial charge in [-0.3, -0.25) is 0 Å². The van der Waals surface area contributed by atoms with Gasteiger partial charge in [0, 0.05) is 12.0 Å². The van der Waals surface area contributed by atoms with Crippen LogP contribution in [-0.4, -0.2) is 47.7 Å². The number of hydrogen-bond acceptors (Lipinski definition) is 5. The molecule has 1 aliphatic carbocycles. The zero-order chi connectivity index (χ0) is 15.0. The number of aliphatic hydroxyl groups excluding tert-OH is 2. The molecule has 5 heteroatoms. The van der Waals surface area contributed by atoms with Gasteiger partial charge in [-0.15, -0.1) is 0 Å². The molecule has 0 aromatic heterocycles. The first-order valence-corrected chi connectivity index (χ1v) is 6.97. The first kappa shape index (κ1) is 16.9. The molecule has 1 rings (SSSR count). The van der Waals surface area contributed by atoms with Crippen molar-refractivity contribution in [2.75, 3.05) is 13.2 Å². The number of allylic oxidation sites excluding steroid dienone is 2. The molecule has 0 bridgehead atoms. The molecule has 3 unspecified atom stereocenters. The van der Waals surface area contributed by atoms with Crippen LogP contribution >= 0.6 is 0 Å². The normalized spacial score (nSPS) is 25.1. The van der Waals surface area contributed by atoms with Crippen LogP contribution in [0.4, 0.5) is 0 Å². The SMILES string of the molecule is C=C/C=C(\C)C(=O)OC1CCCC(OCC(O)CO)C1. The molecule has 1 fully saturated rings. The minimum Gasteiger partial charge on any atom is -0.459 e. The molecule has 1 aliphatic rings. The highest BCUT2D eigenvalue weighted by atomic mass is 16.5. The third-order valence-electron chi connectivity index (χ3n) is 3.28. The van der Waals surface area contributed by atoms with Gasteiger partial charge >= 0.3 is 5.97 Å². The molecule has 0 amide bonds. The van der Waals surface area contributed by atoms with Crippen molar-refractivity contribution in [1.29, 1.82) is 0 Å². The van der Waals surface area contributed by atoms with E-state index in [4.69, 9.17) is 14.6 Å². The molecule has 2 N–H and O–H groups in total. The van der Waals surface area contributed by atoms with Crippen LogP contribution in [0.2, 0.25) is 0 Å². The van der Waals surface area contributed by atoms with Crippen LogP contribution in [0.5, 0.6) is 0 Å². The molecule has 0 heterocycles. The first-order valence-electron chi connectivity index (χ1n) is 6.97. The summed E-state index contributed by atoms with van der Waals surface area (Å²) in [6.07, 6.45) is 5.40. The number of hydrogen-bond donors (Lipinski definition) is 2. The number of aliphatic hydroxyl groups is 2. The second-order valence-corrected chi connectivity index (χ2v) is 5.07. The lowest BCUT2D eigenvalue weighted by atomic mass is 9.95. The third-order valence-corrected chi connectivity index (χ3v) is 3.28. The lowest BCUT2D eigenvalue weighted by Gasteiger charge is -2.29. The van der Waals surface area contributed by atoms with Gasteiger partial charge in [-0.05, 0) is 26.2 Å². The zero-order valence-electron chi connectivity index (χ0n) is 12.0. The molecular weight excluding hydrogens is 260 g/mol. The summed E-state index contributed by atoms with van der Waals surface area (Å²) in [4.78, 5) is 11.8. The second-order valence-electron chi connectivity index (χ2n) is 5.07. The third kappa shape index (κ3) is 5.86. The number of rotatable bonds is 7. The van der Waals surface area contributed by atoms with Gasteiger partial charge in [-0.2, -0.15) is 0 Å². The van der Waals surface area contributed by atoms with Crippen LogP contribution in [0.15, 0.2) is 24.3 Å². The lowest BCUT2D eigenvalue weighted by Crippen LogP contribution is -2.32. The van der Waals surface area contributed by atoms with E-state index in [1.54, 1.807) is 19.1 Å². The fourth-order valence-electron chi connectivity index (χ4n) is 2.15. The van der Waals surface area contributed by atoms with Gasteiger partial charge in [0.25, 0.3) is 0 Å². The van der Waals surface area contributed by atoms with E-state index in [1.807, 2.05) is 0 Å². The summed E-state index contributed by atoms with van der Waals surface area (Å²) in [7, 11) is 0. The largest absolute Gasteiger partial charge is 0.459 e. The molecule has 114 valence electrons. The van der Waals surface area contributed by atoms with Gasteiger partial charge in [0.2, 0.25) is 0 Å². The first-order chi connectivity index (χ1) is 9.56. The smallest absolute Gasteiger partial charge is 0.333 e. The lowest BCUT2D eigenvalue weighted by molar-refractivity contribution is -0.149. The van der Waals surface area contributed by atoms with Crippen molar-refractivity contribution < 1.29 is 24.5 Å². The average Bonchev–Trinajstić information content (AvgIpc) is 2.45. The fourth-order valence-corrected chi connectivity index (χ4v) is 2.15. The van der Waals surface area contributed by atoms with Crippen LogP contribution < -0.4 is 0 Å². The van der Waals surface area contributed by atoms with E-state index in [1.165, 1.54) is 0 Å². The Balaban J connectivity index is 2.39. The van der Waals surface area contributed by atoms with Gasteiger partial charge in [0.05, 0.1) is 19.3 Å². The molecule has 0 saturated heterocycles. The number of carbonyl (C=O) groups excluding carboxylic acids is 1. The molecule has 0 radical (unpaired) electrons. The van der Waals surface area contributed by atoms with Crippen LogP contribution in [0, 0.1) is 0 Å². The summed E-state index contributed by atoms with van der Waals surface area (Å²) in [5.74, 6) is -0.328. The highest BCUT2D eigenvalue weighted by molar-refractivity contribution is 5.88.